The van der Waals surface area contributed by atoms with E-state index in [2.05, 4.69) is 22.0 Å². The standard InChI is InChI=1S/C12H15N5/c1-12(3-2-4-12)17-7-9(6-16-17)10-5-11(13)15-8-14-10/h5-8H,2-4H2,1H3,(H2,13,14,15). The zero-order valence-electron chi connectivity index (χ0n) is 9.80. The SMILES string of the molecule is CC1(n2cc(-c3cc(N)ncn3)cn2)CCC1. The largest absolute Gasteiger partial charge is 0.384 e. The Bertz CT molecular complexity index is 541. The molecule has 2 aromatic rings. The summed E-state index contributed by atoms with van der Waals surface area (Å²) >= 11 is 0. The van der Waals surface area contributed by atoms with Crippen molar-refractivity contribution in [3.63, 3.8) is 0 Å². The van der Waals surface area contributed by atoms with Crippen molar-refractivity contribution in [1.29, 1.82) is 0 Å². The van der Waals surface area contributed by atoms with Crippen LogP contribution in [0.4, 0.5) is 5.82 Å². The first-order chi connectivity index (χ1) is 8.17. The van der Waals surface area contributed by atoms with Crippen LogP contribution in [-0.2, 0) is 5.54 Å². The molecule has 0 atom stereocenters. The van der Waals surface area contributed by atoms with Crippen molar-refractivity contribution in [3.8, 4) is 11.3 Å². The van der Waals surface area contributed by atoms with Crippen LogP contribution < -0.4 is 5.73 Å². The van der Waals surface area contributed by atoms with Gasteiger partial charge in [0.2, 0.25) is 0 Å². The lowest BCUT2D eigenvalue weighted by Crippen LogP contribution is -2.37. The molecule has 0 spiro atoms. The summed E-state index contributed by atoms with van der Waals surface area (Å²) < 4.78 is 2.05. The first-order valence-corrected chi connectivity index (χ1v) is 5.80. The van der Waals surface area contributed by atoms with Crippen molar-refractivity contribution in [2.75, 3.05) is 5.73 Å². The minimum absolute atomic E-state index is 0.191. The molecule has 3 rings (SSSR count). The highest BCUT2D eigenvalue weighted by Gasteiger charge is 2.34. The molecule has 1 saturated carbocycles. The smallest absolute Gasteiger partial charge is 0.127 e. The fourth-order valence-electron chi connectivity index (χ4n) is 2.20. The molecule has 0 radical (unpaired) electrons. The van der Waals surface area contributed by atoms with Crippen LogP contribution >= 0.6 is 0 Å². The van der Waals surface area contributed by atoms with Crippen molar-refractivity contribution in [3.05, 3.63) is 24.8 Å². The number of anilines is 1. The van der Waals surface area contributed by atoms with Crippen LogP contribution in [0.15, 0.2) is 24.8 Å². The second-order valence-corrected chi connectivity index (χ2v) is 4.85. The van der Waals surface area contributed by atoms with E-state index in [1.54, 1.807) is 6.07 Å². The lowest BCUT2D eigenvalue weighted by molar-refractivity contribution is 0.149. The molecule has 2 N–H and O–H groups in total. The number of aromatic nitrogens is 4. The zero-order chi connectivity index (χ0) is 11.9. The third-order valence-electron chi connectivity index (χ3n) is 3.55. The first-order valence-electron chi connectivity index (χ1n) is 5.80. The Kier molecular flexibility index (Phi) is 2.14. The molecular weight excluding hydrogens is 214 g/mol. The summed E-state index contributed by atoms with van der Waals surface area (Å²) in [7, 11) is 0. The maximum atomic E-state index is 5.65. The molecule has 0 saturated heterocycles. The third kappa shape index (κ3) is 1.67. The summed E-state index contributed by atoms with van der Waals surface area (Å²) in [6, 6.07) is 1.77. The maximum absolute atomic E-state index is 5.65. The van der Waals surface area contributed by atoms with Crippen LogP contribution in [0, 0.1) is 0 Å². The molecule has 88 valence electrons. The Morgan fingerprint density at radius 2 is 2.18 bits per heavy atom. The number of nitrogen functional groups attached to an aromatic ring is 1. The molecule has 1 aliphatic rings. The van der Waals surface area contributed by atoms with E-state index >= 15 is 0 Å². The molecule has 17 heavy (non-hydrogen) atoms. The van der Waals surface area contributed by atoms with E-state index < -0.39 is 0 Å². The van der Waals surface area contributed by atoms with Gasteiger partial charge in [-0.15, -0.1) is 0 Å². The number of nitrogens with two attached hydrogens (primary N) is 1. The van der Waals surface area contributed by atoms with Gasteiger partial charge in [-0.05, 0) is 26.2 Å². The van der Waals surface area contributed by atoms with Crippen molar-refractivity contribution in [1.82, 2.24) is 19.7 Å². The van der Waals surface area contributed by atoms with Gasteiger partial charge in [-0.3, -0.25) is 4.68 Å². The quantitative estimate of drug-likeness (QED) is 0.852. The van der Waals surface area contributed by atoms with Crippen molar-refractivity contribution < 1.29 is 0 Å². The highest BCUT2D eigenvalue weighted by atomic mass is 15.3. The fraction of sp³-hybridized carbons (Fsp3) is 0.417. The van der Waals surface area contributed by atoms with Crippen LogP contribution in [0.3, 0.4) is 0 Å². The topological polar surface area (TPSA) is 69.6 Å². The van der Waals surface area contributed by atoms with Crippen LogP contribution in [0.25, 0.3) is 11.3 Å². The lowest BCUT2D eigenvalue weighted by Gasteiger charge is -2.38. The van der Waals surface area contributed by atoms with E-state index in [-0.39, 0.29) is 5.54 Å². The normalized spacial score (nSPS) is 17.7. The number of hydrogen-bond acceptors (Lipinski definition) is 4. The Labute approximate surface area is 99.7 Å². The van der Waals surface area contributed by atoms with E-state index in [1.807, 2.05) is 17.1 Å². The minimum Gasteiger partial charge on any atom is -0.384 e. The van der Waals surface area contributed by atoms with Crippen LogP contribution in [0.5, 0.6) is 0 Å². The summed E-state index contributed by atoms with van der Waals surface area (Å²) in [5, 5.41) is 4.43. The molecule has 0 aromatic carbocycles. The molecule has 0 aliphatic heterocycles. The van der Waals surface area contributed by atoms with Crippen LogP contribution in [0.2, 0.25) is 0 Å². The Balaban J connectivity index is 1.95. The van der Waals surface area contributed by atoms with Crippen LogP contribution in [0.1, 0.15) is 26.2 Å². The van der Waals surface area contributed by atoms with E-state index in [0.29, 0.717) is 5.82 Å². The van der Waals surface area contributed by atoms with E-state index in [4.69, 9.17) is 5.73 Å². The van der Waals surface area contributed by atoms with Gasteiger partial charge in [0.05, 0.1) is 17.4 Å². The predicted octanol–water partition coefficient (Wildman–Crippen LogP) is 1.82. The minimum atomic E-state index is 0.191. The van der Waals surface area contributed by atoms with Gasteiger partial charge in [0, 0.05) is 17.8 Å². The summed E-state index contributed by atoms with van der Waals surface area (Å²) in [4.78, 5) is 8.09. The number of hydrogen-bond donors (Lipinski definition) is 1. The van der Waals surface area contributed by atoms with Crippen molar-refractivity contribution in [2.24, 2.45) is 0 Å². The van der Waals surface area contributed by atoms with E-state index in [1.165, 1.54) is 25.6 Å². The Morgan fingerprint density at radius 3 is 2.82 bits per heavy atom. The molecule has 0 unspecified atom stereocenters. The monoisotopic (exact) mass is 229 g/mol. The highest BCUT2D eigenvalue weighted by molar-refractivity contribution is 5.59. The molecular formula is C12H15N5. The zero-order valence-corrected chi connectivity index (χ0v) is 9.80. The third-order valence-corrected chi connectivity index (χ3v) is 3.55. The molecule has 2 heterocycles. The molecule has 0 bridgehead atoms. The van der Waals surface area contributed by atoms with Gasteiger partial charge < -0.3 is 5.73 Å². The van der Waals surface area contributed by atoms with Crippen molar-refractivity contribution in [2.45, 2.75) is 31.7 Å². The van der Waals surface area contributed by atoms with E-state index in [9.17, 15) is 0 Å². The Hall–Kier alpha value is -1.91. The predicted molar refractivity (Wildman–Crippen MR) is 65.2 cm³/mol. The van der Waals surface area contributed by atoms with Gasteiger partial charge >= 0.3 is 0 Å². The molecule has 1 fully saturated rings. The Morgan fingerprint density at radius 1 is 1.35 bits per heavy atom. The molecule has 1 aliphatic carbocycles. The van der Waals surface area contributed by atoms with Gasteiger partial charge in [-0.25, -0.2) is 9.97 Å². The second kappa shape index (κ2) is 3.55. The summed E-state index contributed by atoms with van der Waals surface area (Å²) in [6.45, 7) is 2.24. The lowest BCUT2D eigenvalue weighted by atomic mass is 9.79. The van der Waals surface area contributed by atoms with Gasteiger partial charge in [0.25, 0.3) is 0 Å². The summed E-state index contributed by atoms with van der Waals surface area (Å²) in [5.41, 5.74) is 7.66. The number of rotatable bonds is 2. The van der Waals surface area contributed by atoms with Gasteiger partial charge in [0.15, 0.2) is 0 Å². The molecule has 5 nitrogen and oxygen atoms in total. The van der Waals surface area contributed by atoms with Gasteiger partial charge in [-0.1, -0.05) is 0 Å². The fourth-order valence-corrected chi connectivity index (χ4v) is 2.20. The number of nitrogens with zero attached hydrogens (tertiary/aromatic N) is 4. The summed E-state index contributed by atoms with van der Waals surface area (Å²) in [6.07, 6.45) is 9.03. The molecule has 2 aromatic heterocycles. The van der Waals surface area contributed by atoms with E-state index in [0.717, 1.165) is 11.3 Å². The summed E-state index contributed by atoms with van der Waals surface area (Å²) in [5.74, 6) is 0.484. The highest BCUT2D eigenvalue weighted by Crippen LogP contribution is 2.38. The molecule has 5 heteroatoms. The van der Waals surface area contributed by atoms with Gasteiger partial charge in [-0.2, -0.15) is 5.10 Å². The maximum Gasteiger partial charge on any atom is 0.127 e. The second-order valence-electron chi connectivity index (χ2n) is 4.85. The van der Waals surface area contributed by atoms with Crippen LogP contribution in [-0.4, -0.2) is 19.7 Å². The van der Waals surface area contributed by atoms with Gasteiger partial charge in [0.1, 0.15) is 12.1 Å². The van der Waals surface area contributed by atoms with Crippen molar-refractivity contribution >= 4 is 5.82 Å². The first kappa shape index (κ1) is 10.3. The average Bonchev–Trinajstić information content (AvgIpc) is 2.75. The average molecular weight is 229 g/mol. The molecule has 0 amide bonds.